The summed E-state index contributed by atoms with van der Waals surface area (Å²) in [6.45, 7) is 1.96. The van der Waals surface area contributed by atoms with E-state index in [9.17, 15) is 4.79 Å². The van der Waals surface area contributed by atoms with Gasteiger partial charge in [-0.3, -0.25) is 4.79 Å². The Labute approximate surface area is 145 Å². The van der Waals surface area contributed by atoms with Gasteiger partial charge in [-0.25, -0.2) is 0 Å². The van der Waals surface area contributed by atoms with Crippen LogP contribution in [0.15, 0.2) is 42.5 Å². The highest BCUT2D eigenvalue weighted by Crippen LogP contribution is 2.45. The van der Waals surface area contributed by atoms with Crippen LogP contribution in [0.1, 0.15) is 26.1 Å². The van der Waals surface area contributed by atoms with Gasteiger partial charge in [0.25, 0.3) is 5.91 Å². The highest BCUT2D eigenvalue weighted by molar-refractivity contribution is 8.19. The molecule has 23 heavy (non-hydrogen) atoms. The van der Waals surface area contributed by atoms with Gasteiger partial charge in [0.2, 0.25) is 0 Å². The second kappa shape index (κ2) is 7.32. The summed E-state index contributed by atoms with van der Waals surface area (Å²) in [5.41, 5.74) is 3.71. The highest BCUT2D eigenvalue weighted by atomic mass is 32.2. The van der Waals surface area contributed by atoms with E-state index in [-0.39, 0.29) is 5.91 Å². The van der Waals surface area contributed by atoms with Crippen molar-refractivity contribution in [2.24, 2.45) is 0 Å². The number of hydrogen-bond donors (Lipinski definition) is 1. The number of amides is 1. The van der Waals surface area contributed by atoms with E-state index in [2.05, 4.69) is 17.4 Å². The second-order valence-corrected chi connectivity index (χ2v) is 8.06. The van der Waals surface area contributed by atoms with E-state index in [0.29, 0.717) is 10.1 Å². The van der Waals surface area contributed by atoms with Crippen molar-refractivity contribution in [1.29, 1.82) is 0 Å². The Bertz CT molecular complexity index is 712. The first-order valence-electron chi connectivity index (χ1n) is 7.46. The maximum absolute atomic E-state index is 12.4. The predicted molar refractivity (Wildman–Crippen MR) is 99.8 cm³/mol. The molecule has 0 radical (unpaired) electrons. The summed E-state index contributed by atoms with van der Waals surface area (Å²) in [7, 11) is 1.62. The minimum atomic E-state index is -0.118. The largest absolute Gasteiger partial charge is 0.496 e. The summed E-state index contributed by atoms with van der Waals surface area (Å²) in [6, 6.07) is 13.6. The molecular weight excluding hydrogens is 326 g/mol. The molecule has 3 rings (SSSR count). The predicted octanol–water partition coefficient (Wildman–Crippen LogP) is 4.73. The number of methoxy groups -OCH3 is 1. The molecule has 1 heterocycles. The van der Waals surface area contributed by atoms with Crippen LogP contribution in [0.4, 0.5) is 5.69 Å². The van der Waals surface area contributed by atoms with Gasteiger partial charge >= 0.3 is 0 Å². The van der Waals surface area contributed by atoms with E-state index in [0.717, 1.165) is 17.0 Å². The average Bonchev–Trinajstić information content (AvgIpc) is 3.10. The number of ether oxygens (including phenoxy) is 1. The van der Waals surface area contributed by atoms with Gasteiger partial charge in [0, 0.05) is 22.8 Å². The molecule has 5 heteroatoms. The molecule has 0 atom stereocenters. The van der Waals surface area contributed by atoms with Crippen LogP contribution in [0, 0.1) is 6.92 Å². The molecule has 3 nitrogen and oxygen atoms in total. The molecule has 0 aliphatic carbocycles. The van der Waals surface area contributed by atoms with Crippen LogP contribution in [0.2, 0.25) is 0 Å². The molecule has 1 amide bonds. The van der Waals surface area contributed by atoms with E-state index in [1.807, 2.05) is 54.7 Å². The lowest BCUT2D eigenvalue weighted by molar-refractivity contribution is 0.102. The van der Waals surface area contributed by atoms with E-state index in [1.54, 1.807) is 13.2 Å². The topological polar surface area (TPSA) is 38.3 Å². The first kappa shape index (κ1) is 16.3. The van der Waals surface area contributed by atoms with E-state index < -0.39 is 0 Å². The van der Waals surface area contributed by atoms with Crippen LogP contribution in [0.25, 0.3) is 0 Å². The molecule has 1 N–H and O–H groups in total. The minimum Gasteiger partial charge on any atom is -0.496 e. The number of thioether (sulfide) groups is 2. The standard InChI is InChI=1S/C18H19NO2S2/c1-12-6-7-13(11-16(12)21-2)17(20)19-15-5-3-4-14(10-15)18-22-8-9-23-18/h3-7,10-11,18H,8-9H2,1-2H3,(H,19,20). The quantitative estimate of drug-likeness (QED) is 0.869. The third kappa shape index (κ3) is 3.85. The molecule has 1 aliphatic heterocycles. The van der Waals surface area contributed by atoms with Crippen LogP contribution >= 0.6 is 23.5 Å². The van der Waals surface area contributed by atoms with Gasteiger partial charge in [-0.15, -0.1) is 23.5 Å². The van der Waals surface area contributed by atoms with Crippen molar-refractivity contribution in [3.63, 3.8) is 0 Å². The summed E-state index contributed by atoms with van der Waals surface area (Å²) in [5.74, 6) is 2.99. The molecule has 1 saturated heterocycles. The molecule has 2 aromatic carbocycles. The zero-order valence-corrected chi connectivity index (χ0v) is 14.8. The number of nitrogens with one attached hydrogen (secondary N) is 1. The third-order valence-corrected chi connectivity index (χ3v) is 6.81. The Morgan fingerprint density at radius 2 is 1.96 bits per heavy atom. The Hall–Kier alpha value is -1.59. The van der Waals surface area contributed by atoms with E-state index >= 15 is 0 Å². The Kier molecular flexibility index (Phi) is 5.18. The maximum atomic E-state index is 12.4. The van der Waals surface area contributed by atoms with E-state index in [1.165, 1.54) is 17.1 Å². The molecule has 1 aliphatic rings. The number of carbonyl (C=O) groups excluding carboxylic acids is 1. The number of aryl methyl sites for hydroxylation is 1. The van der Waals surface area contributed by atoms with Crippen molar-refractivity contribution < 1.29 is 9.53 Å². The summed E-state index contributed by atoms with van der Waals surface area (Å²) >= 11 is 3.92. The average molecular weight is 345 g/mol. The third-order valence-electron chi connectivity index (χ3n) is 3.71. The molecule has 0 bridgehead atoms. The van der Waals surface area contributed by atoms with Crippen LogP contribution in [-0.4, -0.2) is 24.5 Å². The molecule has 2 aromatic rings. The molecule has 0 aromatic heterocycles. The van der Waals surface area contributed by atoms with Crippen LogP contribution in [0.5, 0.6) is 5.75 Å². The fourth-order valence-corrected chi connectivity index (χ4v) is 5.32. The molecule has 0 spiro atoms. The van der Waals surface area contributed by atoms with E-state index in [4.69, 9.17) is 4.74 Å². The zero-order valence-electron chi connectivity index (χ0n) is 13.2. The fourth-order valence-electron chi connectivity index (χ4n) is 2.48. The summed E-state index contributed by atoms with van der Waals surface area (Å²) < 4.78 is 5.77. The smallest absolute Gasteiger partial charge is 0.255 e. The summed E-state index contributed by atoms with van der Waals surface area (Å²) in [6.07, 6.45) is 0. The van der Waals surface area contributed by atoms with Gasteiger partial charge in [0.15, 0.2) is 0 Å². The fraction of sp³-hybridized carbons (Fsp3) is 0.278. The SMILES string of the molecule is COc1cc(C(=O)Nc2cccc(C3SCCS3)c2)ccc1C. The number of hydrogen-bond acceptors (Lipinski definition) is 4. The summed E-state index contributed by atoms with van der Waals surface area (Å²) in [4.78, 5) is 12.4. The lowest BCUT2D eigenvalue weighted by atomic mass is 10.1. The van der Waals surface area contributed by atoms with Gasteiger partial charge in [0.05, 0.1) is 11.7 Å². The number of carbonyl (C=O) groups is 1. The number of rotatable bonds is 4. The van der Waals surface area contributed by atoms with Gasteiger partial charge in [-0.1, -0.05) is 18.2 Å². The molecule has 0 unspecified atom stereocenters. The summed E-state index contributed by atoms with van der Waals surface area (Å²) in [5, 5.41) is 2.98. The monoisotopic (exact) mass is 345 g/mol. The Morgan fingerprint density at radius 1 is 1.17 bits per heavy atom. The Balaban J connectivity index is 1.76. The van der Waals surface area contributed by atoms with Crippen molar-refractivity contribution >= 4 is 35.1 Å². The van der Waals surface area contributed by atoms with Crippen LogP contribution in [0.3, 0.4) is 0 Å². The molecule has 120 valence electrons. The lowest BCUT2D eigenvalue weighted by Gasteiger charge is -2.12. The van der Waals surface area contributed by atoms with Gasteiger partial charge in [0.1, 0.15) is 5.75 Å². The van der Waals surface area contributed by atoms with Crippen molar-refractivity contribution in [2.45, 2.75) is 11.5 Å². The number of anilines is 1. The first-order chi connectivity index (χ1) is 11.2. The van der Waals surface area contributed by atoms with Gasteiger partial charge in [-0.2, -0.15) is 0 Å². The second-order valence-electron chi connectivity index (χ2n) is 5.34. The van der Waals surface area contributed by atoms with Gasteiger partial charge in [-0.05, 0) is 42.3 Å². The molecule has 1 fully saturated rings. The van der Waals surface area contributed by atoms with Crippen LogP contribution in [-0.2, 0) is 0 Å². The van der Waals surface area contributed by atoms with Crippen LogP contribution < -0.4 is 10.1 Å². The van der Waals surface area contributed by atoms with Gasteiger partial charge < -0.3 is 10.1 Å². The highest BCUT2D eigenvalue weighted by Gasteiger charge is 2.18. The Morgan fingerprint density at radius 3 is 2.70 bits per heavy atom. The normalized spacial score (nSPS) is 14.7. The minimum absolute atomic E-state index is 0.118. The van der Waals surface area contributed by atoms with Crippen molar-refractivity contribution in [2.75, 3.05) is 23.9 Å². The maximum Gasteiger partial charge on any atom is 0.255 e. The zero-order chi connectivity index (χ0) is 16.2. The number of benzene rings is 2. The molecular formula is C18H19NO2S2. The first-order valence-corrected chi connectivity index (χ1v) is 9.56. The molecule has 0 saturated carbocycles. The van der Waals surface area contributed by atoms with Crippen molar-refractivity contribution in [3.05, 3.63) is 59.2 Å². The van der Waals surface area contributed by atoms with Crippen molar-refractivity contribution in [3.8, 4) is 5.75 Å². The lowest BCUT2D eigenvalue weighted by Crippen LogP contribution is -2.12. The van der Waals surface area contributed by atoms with Crippen molar-refractivity contribution in [1.82, 2.24) is 0 Å².